The highest BCUT2D eigenvalue weighted by molar-refractivity contribution is 7.98. The van der Waals surface area contributed by atoms with Crippen molar-refractivity contribution < 1.29 is 4.21 Å². The van der Waals surface area contributed by atoms with Crippen LogP contribution in [0.3, 0.4) is 0 Å². The van der Waals surface area contributed by atoms with Crippen molar-refractivity contribution in [1.82, 2.24) is 15.0 Å². The van der Waals surface area contributed by atoms with E-state index < -0.39 is 9.71 Å². The van der Waals surface area contributed by atoms with Crippen LogP contribution in [0.2, 0.25) is 0 Å². The predicted molar refractivity (Wildman–Crippen MR) is 116 cm³/mol. The summed E-state index contributed by atoms with van der Waals surface area (Å²) in [5.74, 6) is 4.25. The maximum atomic E-state index is 11.9. The molecule has 0 aliphatic rings. The number of benzene rings is 2. The fraction of sp³-hybridized carbons (Fsp3) is 0.0526. The lowest BCUT2D eigenvalue weighted by Crippen LogP contribution is -2.12. The Balaban J connectivity index is 1.54. The summed E-state index contributed by atoms with van der Waals surface area (Å²) >= 11 is 1.51. The van der Waals surface area contributed by atoms with Gasteiger partial charge in [0.25, 0.3) is 0 Å². The van der Waals surface area contributed by atoms with Crippen molar-refractivity contribution in [2.45, 2.75) is 11.4 Å². The van der Waals surface area contributed by atoms with Crippen LogP contribution in [0.25, 0.3) is 10.9 Å². The van der Waals surface area contributed by atoms with Gasteiger partial charge < -0.3 is 10.6 Å². The summed E-state index contributed by atoms with van der Waals surface area (Å²) in [7, 11) is -2.72. The van der Waals surface area contributed by atoms with Gasteiger partial charge in [0.2, 0.25) is 0 Å². The Morgan fingerprint density at radius 3 is 2.82 bits per heavy atom. The molecule has 0 aliphatic carbocycles. The molecule has 2 aromatic carbocycles. The fourth-order valence-electron chi connectivity index (χ4n) is 2.73. The zero-order valence-electron chi connectivity index (χ0n) is 14.8. The number of fused-ring (bicyclic) bond motifs is 1. The molecule has 0 aliphatic heterocycles. The number of nitrogens with zero attached hydrogens (tertiary/aromatic N) is 3. The first kappa shape index (κ1) is 18.4. The highest BCUT2D eigenvalue weighted by Gasteiger charge is 2.07. The molecule has 0 fully saturated rings. The van der Waals surface area contributed by atoms with E-state index in [4.69, 9.17) is 5.14 Å². The third kappa shape index (κ3) is 4.11. The monoisotopic (exact) mass is 410 g/mol. The van der Waals surface area contributed by atoms with Crippen molar-refractivity contribution in [2.24, 2.45) is 5.14 Å². The molecule has 4 N–H and O–H groups in total. The topological polar surface area (TPSA) is 106 Å². The summed E-state index contributed by atoms with van der Waals surface area (Å²) in [5, 5.41) is 15.8. The number of nitrogens with one attached hydrogen (secondary N) is 2. The molecule has 1 unspecified atom stereocenters. The van der Waals surface area contributed by atoms with E-state index in [0.29, 0.717) is 17.3 Å². The molecule has 2 aromatic heterocycles. The Morgan fingerprint density at radius 1 is 1.14 bits per heavy atom. The second kappa shape index (κ2) is 7.55. The minimum absolute atomic E-state index is 0.538. The fourth-order valence-corrected chi connectivity index (χ4v) is 3.92. The van der Waals surface area contributed by atoms with Crippen molar-refractivity contribution >= 4 is 54.5 Å². The molecule has 28 heavy (non-hydrogen) atoms. The number of hydrogen-bond acceptors (Lipinski definition) is 7. The van der Waals surface area contributed by atoms with E-state index in [2.05, 4.69) is 31.5 Å². The summed E-state index contributed by atoms with van der Waals surface area (Å²) in [6, 6.07) is 13.2. The molecule has 0 bridgehead atoms. The molecule has 2 heterocycles. The number of anilines is 3. The van der Waals surface area contributed by atoms with E-state index in [9.17, 15) is 4.21 Å². The number of rotatable bonds is 6. The third-order valence-electron chi connectivity index (χ3n) is 4.09. The lowest BCUT2D eigenvalue weighted by Gasteiger charge is -2.11. The molecule has 0 saturated heterocycles. The maximum absolute atomic E-state index is 11.9. The minimum atomic E-state index is -2.72. The molecule has 1 atom stereocenters. The molecule has 7 nitrogen and oxygen atoms in total. The summed E-state index contributed by atoms with van der Waals surface area (Å²) < 4.78 is 11.9. The second-order valence-corrected chi connectivity index (χ2v) is 8.96. The van der Waals surface area contributed by atoms with E-state index in [1.165, 1.54) is 17.7 Å². The zero-order chi connectivity index (χ0) is 19.6. The summed E-state index contributed by atoms with van der Waals surface area (Å²) in [6.45, 7) is 0.560. The van der Waals surface area contributed by atoms with Gasteiger partial charge in [0.05, 0.1) is 15.2 Å². The zero-order valence-corrected chi connectivity index (χ0v) is 16.5. The largest absolute Gasteiger partial charge is 0.381 e. The Bertz CT molecular complexity index is 1220. The first-order valence-corrected chi connectivity index (χ1v) is 11.1. The predicted octanol–water partition coefficient (Wildman–Crippen LogP) is 3.39. The van der Waals surface area contributed by atoms with E-state index in [1.54, 1.807) is 12.3 Å². The van der Waals surface area contributed by atoms with Gasteiger partial charge in [-0.3, -0.25) is 5.14 Å². The van der Waals surface area contributed by atoms with Crippen LogP contribution in [0.4, 0.5) is 16.6 Å². The highest BCUT2D eigenvalue weighted by atomic mass is 32.2. The van der Waals surface area contributed by atoms with Gasteiger partial charge in [-0.2, -0.15) is 0 Å². The lowest BCUT2D eigenvalue weighted by atomic mass is 10.2. The van der Waals surface area contributed by atoms with Gasteiger partial charge in [0, 0.05) is 34.1 Å². The molecule has 4 rings (SSSR count). The van der Waals surface area contributed by atoms with E-state index >= 15 is 0 Å². The van der Waals surface area contributed by atoms with Crippen molar-refractivity contribution in [3.8, 4) is 0 Å². The number of nitrogens with two attached hydrogens (primary N) is 1. The molecule has 9 heteroatoms. The van der Waals surface area contributed by atoms with Crippen LogP contribution >= 0.6 is 11.3 Å². The third-order valence-corrected chi connectivity index (χ3v) is 5.83. The smallest absolute Gasteiger partial charge is 0.188 e. The Hall–Kier alpha value is -3.01. The molecule has 0 radical (unpaired) electrons. The van der Waals surface area contributed by atoms with Gasteiger partial charge >= 0.3 is 0 Å². The molecule has 0 spiro atoms. The highest BCUT2D eigenvalue weighted by Crippen LogP contribution is 2.26. The van der Waals surface area contributed by atoms with E-state index in [-0.39, 0.29) is 0 Å². The van der Waals surface area contributed by atoms with Crippen LogP contribution in [0.1, 0.15) is 5.56 Å². The molecule has 142 valence electrons. The van der Waals surface area contributed by atoms with Gasteiger partial charge in [-0.15, -0.1) is 11.3 Å². The van der Waals surface area contributed by atoms with Crippen molar-refractivity contribution in [1.29, 1.82) is 0 Å². The van der Waals surface area contributed by atoms with Crippen LogP contribution in [-0.2, 0) is 16.3 Å². The normalized spacial score (nSPS) is 13.2. The van der Waals surface area contributed by atoms with Crippen LogP contribution in [0, 0.1) is 0 Å². The van der Waals surface area contributed by atoms with Crippen molar-refractivity contribution in [2.75, 3.05) is 10.6 Å². The van der Waals surface area contributed by atoms with Gasteiger partial charge in [-0.25, -0.2) is 19.2 Å². The quantitative estimate of drug-likeness (QED) is 0.421. The minimum Gasteiger partial charge on any atom is -0.381 e. The van der Waals surface area contributed by atoms with E-state index in [0.717, 1.165) is 27.3 Å². The van der Waals surface area contributed by atoms with Gasteiger partial charge in [-0.05, 0) is 41.8 Å². The van der Waals surface area contributed by atoms with Gasteiger partial charge in [0.15, 0.2) is 5.13 Å². The summed E-state index contributed by atoms with van der Waals surface area (Å²) in [4.78, 5) is 13.4. The van der Waals surface area contributed by atoms with Gasteiger partial charge in [0.1, 0.15) is 12.1 Å². The van der Waals surface area contributed by atoms with Gasteiger partial charge in [-0.1, -0.05) is 12.1 Å². The Labute approximate surface area is 166 Å². The standard InChI is InChI=1S/C19H18N6OS2/c1-28(20,26)15-4-2-3-13(9-15)11-22-14-5-6-16-17(10-14)23-12-24-18(16)25-19-21-7-8-27-19/h2-10,12,22H,1,11H2,(H2,20,26)(H,21,23,24,25). The molecule has 0 saturated carbocycles. The first-order valence-electron chi connectivity index (χ1n) is 8.38. The Kier molecular flexibility index (Phi) is 4.95. The maximum Gasteiger partial charge on any atom is 0.188 e. The molecule has 0 amide bonds. The van der Waals surface area contributed by atoms with Crippen molar-refractivity contribution in [3.05, 3.63) is 65.9 Å². The average molecular weight is 411 g/mol. The average Bonchev–Trinajstić information content (AvgIpc) is 3.19. The second-order valence-electron chi connectivity index (χ2n) is 6.14. The molecular formula is C19H18N6OS2. The number of thiazole rings is 1. The van der Waals surface area contributed by atoms with Crippen LogP contribution in [0.5, 0.6) is 0 Å². The number of hydrogen-bond donors (Lipinski definition) is 3. The first-order chi connectivity index (χ1) is 13.5. The summed E-state index contributed by atoms with van der Waals surface area (Å²) in [6.07, 6.45) is 3.27. The number of aromatic nitrogens is 3. The van der Waals surface area contributed by atoms with Crippen molar-refractivity contribution in [3.63, 3.8) is 0 Å². The molecular weight excluding hydrogens is 392 g/mol. The van der Waals surface area contributed by atoms with E-state index in [1.807, 2.05) is 41.8 Å². The summed E-state index contributed by atoms with van der Waals surface area (Å²) in [5.41, 5.74) is 2.70. The Morgan fingerprint density at radius 2 is 2.04 bits per heavy atom. The lowest BCUT2D eigenvalue weighted by molar-refractivity contribution is 0.682. The van der Waals surface area contributed by atoms with Crippen LogP contribution in [0.15, 0.2) is 65.3 Å². The van der Waals surface area contributed by atoms with Crippen LogP contribution < -0.4 is 15.8 Å². The SMILES string of the molecule is C=S(N)(=O)c1cccc(CNc2ccc3c(Nc4nccs4)ncnc3c2)c1. The van der Waals surface area contributed by atoms with Crippen LogP contribution in [-0.4, -0.2) is 25.0 Å². The molecule has 4 aromatic rings.